The van der Waals surface area contributed by atoms with Gasteiger partial charge in [0.15, 0.2) is 15.3 Å². The molecule has 0 aliphatic carbocycles. The normalized spacial score (nSPS) is 20.2. The molecule has 3 aromatic rings. The summed E-state index contributed by atoms with van der Waals surface area (Å²) >= 11 is 1.77. The summed E-state index contributed by atoms with van der Waals surface area (Å²) in [6, 6.07) is 19.6. The van der Waals surface area contributed by atoms with Gasteiger partial charge in [0.25, 0.3) is 0 Å². The minimum Gasteiger partial charge on any atom is -0.593 e. The lowest BCUT2D eigenvalue weighted by atomic mass is 9.88. The SMILES string of the molecule is Cc1ccc([S+](=O)([O-])N2CCC3(CCN(Cc4cccs4)c4ccccc4O3)CC2)cc1. The van der Waals surface area contributed by atoms with E-state index in [1.54, 1.807) is 27.8 Å². The number of benzene rings is 2. The summed E-state index contributed by atoms with van der Waals surface area (Å²) in [4.78, 5) is 4.09. The number of ether oxygens (including phenoxy) is 1. The standard InChI is InChI=1S/C25H28N2O3S2/c1-20-8-10-22(11-9-20)32(28,29)27-16-13-25(14-17-27)12-15-26(19-21-5-4-18-31-21)23-6-2-3-7-24(23)30-25/h2-11,18H,12-17,19H2,1H3. The van der Waals surface area contributed by atoms with Crippen molar-refractivity contribution in [1.29, 1.82) is 0 Å². The van der Waals surface area contributed by atoms with Crippen molar-refractivity contribution in [3.05, 3.63) is 76.5 Å². The molecule has 1 fully saturated rings. The highest BCUT2D eigenvalue weighted by Crippen LogP contribution is 2.42. The Balaban J connectivity index is 1.34. The molecule has 5 nitrogen and oxygen atoms in total. The van der Waals surface area contributed by atoms with Crippen LogP contribution in [0.3, 0.4) is 0 Å². The average molecular weight is 469 g/mol. The van der Waals surface area contributed by atoms with Crippen molar-refractivity contribution < 1.29 is 13.5 Å². The van der Waals surface area contributed by atoms with Gasteiger partial charge in [-0.25, -0.2) is 0 Å². The number of thiophene rings is 1. The highest BCUT2D eigenvalue weighted by atomic mass is 32.3. The number of para-hydroxylation sites is 2. The van der Waals surface area contributed by atoms with Gasteiger partial charge < -0.3 is 14.2 Å². The molecule has 3 heterocycles. The van der Waals surface area contributed by atoms with Crippen molar-refractivity contribution in [2.24, 2.45) is 0 Å². The van der Waals surface area contributed by atoms with Gasteiger partial charge in [-0.15, -0.1) is 15.6 Å². The first-order valence-corrected chi connectivity index (χ1v) is 13.4. The number of sulfonamides is 1. The Morgan fingerprint density at radius 3 is 2.44 bits per heavy atom. The number of fused-ring (bicyclic) bond motifs is 1. The number of hydrogen-bond donors (Lipinski definition) is 0. The van der Waals surface area contributed by atoms with Crippen LogP contribution in [0.25, 0.3) is 0 Å². The first-order valence-electron chi connectivity index (χ1n) is 11.1. The Kier molecular flexibility index (Phi) is 5.84. The molecule has 168 valence electrons. The Labute approximate surface area is 195 Å². The summed E-state index contributed by atoms with van der Waals surface area (Å²) in [5.74, 6) is 0.899. The molecule has 2 aliphatic heterocycles. The third kappa shape index (κ3) is 4.22. The summed E-state index contributed by atoms with van der Waals surface area (Å²) in [6.45, 7) is 4.66. The van der Waals surface area contributed by atoms with E-state index in [2.05, 4.69) is 34.5 Å². The minimum absolute atomic E-state index is 0.334. The van der Waals surface area contributed by atoms with Gasteiger partial charge in [0.1, 0.15) is 11.4 Å². The number of nitrogens with zero attached hydrogens (tertiary/aromatic N) is 2. The number of hydrogen-bond acceptors (Lipinski definition) is 5. The summed E-state index contributed by atoms with van der Waals surface area (Å²) in [5.41, 5.74) is 1.84. The molecule has 2 aliphatic rings. The molecule has 2 aromatic carbocycles. The van der Waals surface area contributed by atoms with E-state index in [0.717, 1.165) is 36.5 Å². The molecule has 0 amide bonds. The number of piperidine rings is 1. The van der Waals surface area contributed by atoms with E-state index in [0.29, 0.717) is 30.8 Å². The lowest BCUT2D eigenvalue weighted by molar-refractivity contribution is 0.0167. The number of anilines is 1. The van der Waals surface area contributed by atoms with Crippen LogP contribution in [0.2, 0.25) is 0 Å². The van der Waals surface area contributed by atoms with Crippen molar-refractivity contribution in [2.45, 2.75) is 43.2 Å². The average Bonchev–Trinajstić information content (AvgIpc) is 3.26. The van der Waals surface area contributed by atoms with E-state index in [1.807, 2.05) is 31.2 Å². The zero-order chi connectivity index (χ0) is 22.2. The van der Waals surface area contributed by atoms with E-state index in [4.69, 9.17) is 4.74 Å². The summed E-state index contributed by atoms with van der Waals surface area (Å²) in [5, 5.41) is 2.11. The van der Waals surface area contributed by atoms with E-state index >= 15 is 0 Å². The van der Waals surface area contributed by atoms with Gasteiger partial charge in [-0.1, -0.05) is 40.1 Å². The molecule has 1 spiro atoms. The van der Waals surface area contributed by atoms with Crippen molar-refractivity contribution >= 4 is 27.4 Å². The van der Waals surface area contributed by atoms with Crippen LogP contribution >= 0.6 is 11.3 Å². The summed E-state index contributed by atoms with van der Waals surface area (Å²) in [7, 11) is -3.48. The maximum atomic E-state index is 13.1. The molecule has 0 radical (unpaired) electrons. The highest BCUT2D eigenvalue weighted by Gasteiger charge is 2.44. The molecular weight excluding hydrogens is 440 g/mol. The third-order valence-corrected chi connectivity index (χ3v) is 9.36. The Morgan fingerprint density at radius 2 is 1.72 bits per heavy atom. The van der Waals surface area contributed by atoms with Gasteiger partial charge in [0.2, 0.25) is 0 Å². The molecule has 1 saturated heterocycles. The summed E-state index contributed by atoms with van der Waals surface area (Å²) < 4.78 is 34.6. The minimum atomic E-state index is -3.48. The zero-order valence-corrected chi connectivity index (χ0v) is 19.9. The lowest BCUT2D eigenvalue weighted by Gasteiger charge is -2.41. The van der Waals surface area contributed by atoms with Crippen LogP contribution in [0.15, 0.2) is 70.9 Å². The molecule has 0 bridgehead atoms. The third-order valence-electron chi connectivity index (χ3n) is 6.59. The van der Waals surface area contributed by atoms with Crippen LogP contribution in [0.1, 0.15) is 29.7 Å². The maximum Gasteiger partial charge on any atom is 0.175 e. The van der Waals surface area contributed by atoms with Crippen LogP contribution in [0, 0.1) is 6.92 Å². The Morgan fingerprint density at radius 1 is 1.00 bits per heavy atom. The fraction of sp³-hybridized carbons (Fsp3) is 0.360. The monoisotopic (exact) mass is 468 g/mol. The number of aryl methyl sites for hydroxylation is 1. The van der Waals surface area contributed by atoms with Gasteiger partial charge >= 0.3 is 0 Å². The second-order valence-electron chi connectivity index (χ2n) is 8.72. The first kappa shape index (κ1) is 21.6. The van der Waals surface area contributed by atoms with Gasteiger partial charge in [0, 0.05) is 43.8 Å². The molecule has 1 unspecified atom stereocenters. The van der Waals surface area contributed by atoms with E-state index in [-0.39, 0.29) is 5.60 Å². The second-order valence-corrected chi connectivity index (χ2v) is 11.7. The van der Waals surface area contributed by atoms with E-state index in [1.165, 1.54) is 4.88 Å². The topological polar surface area (TPSA) is 55.8 Å². The first-order chi connectivity index (χ1) is 15.5. The quantitative estimate of drug-likeness (QED) is 0.489. The molecular formula is C25H28N2O3S2. The van der Waals surface area contributed by atoms with Crippen LogP contribution in [0.4, 0.5) is 5.69 Å². The largest absolute Gasteiger partial charge is 0.593 e. The highest BCUT2D eigenvalue weighted by molar-refractivity contribution is 7.95. The zero-order valence-electron chi connectivity index (χ0n) is 18.2. The van der Waals surface area contributed by atoms with E-state index in [9.17, 15) is 8.76 Å². The van der Waals surface area contributed by atoms with Gasteiger partial charge in [-0.3, -0.25) is 0 Å². The van der Waals surface area contributed by atoms with Crippen molar-refractivity contribution in [1.82, 2.24) is 4.31 Å². The van der Waals surface area contributed by atoms with Crippen molar-refractivity contribution in [2.75, 3.05) is 24.5 Å². The molecule has 32 heavy (non-hydrogen) atoms. The fourth-order valence-corrected chi connectivity index (χ4v) is 6.81. The van der Waals surface area contributed by atoms with Gasteiger partial charge in [-0.2, -0.15) is 0 Å². The predicted molar refractivity (Wildman–Crippen MR) is 129 cm³/mol. The molecule has 7 heteroatoms. The van der Waals surface area contributed by atoms with Gasteiger partial charge in [-0.05, 0) is 42.6 Å². The number of rotatable bonds is 4. The van der Waals surface area contributed by atoms with Crippen LogP contribution in [0.5, 0.6) is 5.75 Å². The summed E-state index contributed by atoms with van der Waals surface area (Å²) in [6.07, 6.45) is 2.27. The van der Waals surface area contributed by atoms with E-state index < -0.39 is 10.4 Å². The predicted octanol–water partition coefficient (Wildman–Crippen LogP) is 5.28. The lowest BCUT2D eigenvalue weighted by Crippen LogP contribution is -2.51. The molecule has 1 atom stereocenters. The smallest absolute Gasteiger partial charge is 0.175 e. The van der Waals surface area contributed by atoms with Crippen molar-refractivity contribution in [3.63, 3.8) is 0 Å². The van der Waals surface area contributed by atoms with Crippen LogP contribution < -0.4 is 9.64 Å². The second kappa shape index (κ2) is 8.63. The molecule has 5 rings (SSSR count). The molecule has 1 aromatic heterocycles. The fourth-order valence-electron chi connectivity index (χ4n) is 4.65. The molecule has 0 N–H and O–H groups in total. The Hall–Kier alpha value is -2.19. The van der Waals surface area contributed by atoms with Crippen LogP contribution in [-0.2, 0) is 21.2 Å². The maximum absolute atomic E-state index is 13.1. The van der Waals surface area contributed by atoms with Gasteiger partial charge in [0.05, 0.1) is 12.2 Å². The van der Waals surface area contributed by atoms with Crippen molar-refractivity contribution in [3.8, 4) is 5.75 Å². The van der Waals surface area contributed by atoms with Crippen LogP contribution in [-0.4, -0.2) is 34.1 Å². The molecule has 0 saturated carbocycles. The Bertz CT molecular complexity index is 1110.